The normalized spacial score (nSPS) is 18.5. The number of aliphatic hydroxyl groups excluding tert-OH is 2. The number of nitrogens with zero attached hydrogens (tertiary/aromatic N) is 5. The first kappa shape index (κ1) is 29.8. The van der Waals surface area contributed by atoms with E-state index in [9.17, 15) is 27.8 Å². The van der Waals surface area contributed by atoms with Crippen molar-refractivity contribution in [1.82, 2.24) is 24.3 Å². The minimum atomic E-state index is -5.08. The van der Waals surface area contributed by atoms with Gasteiger partial charge >= 0.3 is 12.1 Å². The Morgan fingerprint density at radius 2 is 1.83 bits per heavy atom. The molecule has 0 unspecified atom stereocenters. The number of carboxylic acids is 1. The summed E-state index contributed by atoms with van der Waals surface area (Å²) in [5.74, 6) is -1.99. The van der Waals surface area contributed by atoms with Crippen LogP contribution in [0.25, 0.3) is 5.69 Å². The number of imidazole rings is 1. The lowest BCUT2D eigenvalue weighted by molar-refractivity contribution is -0.192. The molecule has 2 aromatic heterocycles. The van der Waals surface area contributed by atoms with E-state index < -0.39 is 24.4 Å². The second kappa shape index (κ2) is 12.1. The minimum Gasteiger partial charge on any atom is -0.494 e. The number of aliphatic carboxylic acids is 1. The number of nitrogens with one attached hydrogen (secondary N) is 1. The zero-order valence-corrected chi connectivity index (χ0v) is 21.9. The quantitative estimate of drug-likeness (QED) is 0.251. The number of anilines is 2. The first-order chi connectivity index (χ1) is 19.3. The van der Waals surface area contributed by atoms with E-state index in [4.69, 9.17) is 26.2 Å². The van der Waals surface area contributed by atoms with Gasteiger partial charge in [-0.05, 0) is 36.2 Å². The van der Waals surface area contributed by atoms with Gasteiger partial charge in [-0.2, -0.15) is 18.2 Å². The summed E-state index contributed by atoms with van der Waals surface area (Å²) in [7, 11) is 1.57. The molecule has 41 heavy (non-hydrogen) atoms. The number of fused-ring (bicyclic) bond motifs is 1. The molecule has 0 bridgehead atoms. The molecule has 5 rings (SSSR count). The number of aliphatic hydroxyl groups is 2. The lowest BCUT2D eigenvalue weighted by Crippen LogP contribution is -2.29. The lowest BCUT2D eigenvalue weighted by atomic mass is 9.92. The van der Waals surface area contributed by atoms with E-state index in [-0.39, 0.29) is 24.7 Å². The van der Waals surface area contributed by atoms with Gasteiger partial charge in [-0.3, -0.25) is 0 Å². The van der Waals surface area contributed by atoms with Gasteiger partial charge in [0.1, 0.15) is 28.9 Å². The molecule has 11 nitrogen and oxygen atoms in total. The SMILES string of the molecule is COc1cc(Nc2nc3n(n2)C[C@H](O)[C@H](O)C[C@@H]3c2ccc(F)cc2)ccc1-n1cnc(Cl)c1.O=C(O)C(F)(F)F. The molecular weight excluding hydrogens is 576 g/mol. The van der Waals surface area contributed by atoms with E-state index in [0.29, 0.717) is 28.4 Å². The first-order valence-electron chi connectivity index (χ1n) is 11.9. The third-order valence-electron chi connectivity index (χ3n) is 6.07. The molecule has 3 heterocycles. The summed E-state index contributed by atoms with van der Waals surface area (Å²) in [6.07, 6.45) is -3.53. The number of alkyl halides is 3. The van der Waals surface area contributed by atoms with Crippen molar-refractivity contribution in [3.63, 3.8) is 0 Å². The summed E-state index contributed by atoms with van der Waals surface area (Å²) in [5.41, 5.74) is 2.22. The summed E-state index contributed by atoms with van der Waals surface area (Å²) in [6.45, 7) is 0.0898. The molecule has 4 aromatic rings. The molecule has 2 aromatic carbocycles. The molecule has 0 saturated carbocycles. The number of aromatic nitrogens is 5. The number of ether oxygens (including phenoxy) is 1. The molecule has 0 amide bonds. The van der Waals surface area contributed by atoms with Crippen molar-refractivity contribution in [2.75, 3.05) is 12.4 Å². The van der Waals surface area contributed by atoms with Crippen LogP contribution in [0.1, 0.15) is 23.7 Å². The highest BCUT2D eigenvalue weighted by molar-refractivity contribution is 6.29. The number of rotatable bonds is 5. The Hall–Kier alpha value is -4.21. The van der Waals surface area contributed by atoms with Crippen LogP contribution < -0.4 is 10.1 Å². The minimum absolute atomic E-state index is 0.0898. The van der Waals surface area contributed by atoms with E-state index in [0.717, 1.165) is 11.3 Å². The van der Waals surface area contributed by atoms with Crippen LogP contribution in [0.5, 0.6) is 5.75 Å². The molecule has 218 valence electrons. The zero-order chi connectivity index (χ0) is 29.9. The van der Waals surface area contributed by atoms with Crippen LogP contribution in [-0.4, -0.2) is 71.1 Å². The number of halogens is 5. The number of carboxylic acid groups (broad SMARTS) is 1. The van der Waals surface area contributed by atoms with Gasteiger partial charge in [0, 0.05) is 23.9 Å². The second-order valence-electron chi connectivity index (χ2n) is 8.87. The van der Waals surface area contributed by atoms with Crippen LogP contribution in [-0.2, 0) is 11.3 Å². The van der Waals surface area contributed by atoms with E-state index in [1.165, 1.54) is 12.1 Å². The fraction of sp³-hybridized carbons (Fsp3) is 0.280. The smallest absolute Gasteiger partial charge is 0.490 e. The van der Waals surface area contributed by atoms with Crippen molar-refractivity contribution in [2.24, 2.45) is 0 Å². The standard InChI is InChI=1S/C23H22ClFN6O3.C2HF3O2/c1-34-20-8-15(6-7-17(20)30-11-21(24)26-12-30)27-23-28-22-16(13-2-4-14(25)5-3-13)9-18(32)19(33)10-31(22)29-23;3-2(4,5)1(6)7/h2-8,11-12,16,18-19,32-33H,9-10H2,1H3,(H,27,29);(H,6,7)/t16-,18-,19+;/m1./s1. The number of carbonyl (C=O) groups is 1. The monoisotopic (exact) mass is 598 g/mol. The molecule has 0 aliphatic carbocycles. The molecular formula is C25H23ClF4N6O5. The van der Waals surface area contributed by atoms with Crippen molar-refractivity contribution < 1.29 is 42.4 Å². The van der Waals surface area contributed by atoms with Crippen LogP contribution in [0.4, 0.5) is 29.2 Å². The molecule has 1 aliphatic heterocycles. The zero-order valence-electron chi connectivity index (χ0n) is 21.1. The Morgan fingerprint density at radius 3 is 2.41 bits per heavy atom. The van der Waals surface area contributed by atoms with E-state index >= 15 is 0 Å². The van der Waals surface area contributed by atoms with Gasteiger partial charge in [-0.1, -0.05) is 23.7 Å². The van der Waals surface area contributed by atoms with Gasteiger partial charge in [0.05, 0.1) is 31.5 Å². The second-order valence-corrected chi connectivity index (χ2v) is 9.26. The number of hydrogen-bond acceptors (Lipinski definition) is 8. The van der Waals surface area contributed by atoms with Crippen molar-refractivity contribution in [3.8, 4) is 11.4 Å². The van der Waals surface area contributed by atoms with Crippen LogP contribution in [0.3, 0.4) is 0 Å². The molecule has 16 heteroatoms. The van der Waals surface area contributed by atoms with Crippen LogP contribution in [0.2, 0.25) is 5.15 Å². The number of hydrogen-bond donors (Lipinski definition) is 4. The van der Waals surface area contributed by atoms with Crippen LogP contribution >= 0.6 is 11.6 Å². The Labute approximate surface area is 234 Å². The lowest BCUT2D eigenvalue weighted by Gasteiger charge is -2.18. The Balaban J connectivity index is 0.000000493. The highest BCUT2D eigenvalue weighted by Crippen LogP contribution is 2.34. The fourth-order valence-corrected chi connectivity index (χ4v) is 4.26. The van der Waals surface area contributed by atoms with Crippen LogP contribution in [0, 0.1) is 5.82 Å². The number of methoxy groups -OCH3 is 1. The maximum atomic E-state index is 13.5. The summed E-state index contributed by atoms with van der Waals surface area (Å²) < 4.78 is 54.1. The van der Waals surface area contributed by atoms with Gasteiger partial charge in [0.2, 0.25) is 5.95 Å². The topological polar surface area (TPSA) is 148 Å². The van der Waals surface area contributed by atoms with Crippen molar-refractivity contribution in [1.29, 1.82) is 0 Å². The van der Waals surface area contributed by atoms with E-state index in [1.54, 1.807) is 47.1 Å². The number of benzene rings is 2. The van der Waals surface area contributed by atoms with Crippen LogP contribution in [0.15, 0.2) is 55.0 Å². The maximum Gasteiger partial charge on any atom is 0.490 e. The van der Waals surface area contributed by atoms with Crippen molar-refractivity contribution in [3.05, 3.63) is 77.3 Å². The molecule has 0 spiro atoms. The average molecular weight is 599 g/mol. The van der Waals surface area contributed by atoms with Crippen molar-refractivity contribution in [2.45, 2.75) is 37.3 Å². The molecule has 4 N–H and O–H groups in total. The average Bonchev–Trinajstić information content (AvgIpc) is 3.50. The third-order valence-corrected chi connectivity index (χ3v) is 6.27. The predicted molar refractivity (Wildman–Crippen MR) is 137 cm³/mol. The summed E-state index contributed by atoms with van der Waals surface area (Å²) >= 11 is 5.93. The Kier molecular flexibility index (Phi) is 8.80. The van der Waals surface area contributed by atoms with Gasteiger partial charge in [-0.25, -0.2) is 18.9 Å². The maximum absolute atomic E-state index is 13.5. The first-order valence-corrected chi connectivity index (χ1v) is 12.2. The summed E-state index contributed by atoms with van der Waals surface area (Å²) in [5, 5.41) is 35.9. The van der Waals surface area contributed by atoms with E-state index in [2.05, 4.69) is 20.4 Å². The van der Waals surface area contributed by atoms with Gasteiger partial charge in [0.25, 0.3) is 0 Å². The summed E-state index contributed by atoms with van der Waals surface area (Å²) in [4.78, 5) is 17.6. The van der Waals surface area contributed by atoms with E-state index in [1.807, 2.05) is 12.1 Å². The van der Waals surface area contributed by atoms with Gasteiger partial charge in [0.15, 0.2) is 0 Å². The predicted octanol–water partition coefficient (Wildman–Crippen LogP) is 3.90. The Morgan fingerprint density at radius 1 is 1.15 bits per heavy atom. The molecule has 0 saturated heterocycles. The largest absolute Gasteiger partial charge is 0.494 e. The fourth-order valence-electron chi connectivity index (χ4n) is 4.11. The van der Waals surface area contributed by atoms with Crippen molar-refractivity contribution >= 4 is 29.2 Å². The molecule has 0 radical (unpaired) electrons. The highest BCUT2D eigenvalue weighted by atomic mass is 35.5. The molecule has 0 fully saturated rings. The summed E-state index contributed by atoms with van der Waals surface area (Å²) in [6, 6.07) is 11.5. The highest BCUT2D eigenvalue weighted by Gasteiger charge is 2.38. The molecule has 3 atom stereocenters. The van der Waals surface area contributed by atoms with Gasteiger partial charge < -0.3 is 29.9 Å². The Bertz CT molecular complexity index is 1510. The third kappa shape index (κ3) is 7.11. The van der Waals surface area contributed by atoms with Gasteiger partial charge in [-0.15, -0.1) is 5.10 Å². The molecule has 1 aliphatic rings.